The van der Waals surface area contributed by atoms with E-state index >= 15 is 0 Å². The standard InChI is InChI=1S/C22H23ClN2O3/c23-21-13-20(8-5-17(21)14-24)28-19-9-6-18(7-10-19)25-22(27)16-3-1-15(2-4-16)11-12-26/h1-5,8,13,18-19,26H,6-7,9-12H2,(H,25,27)/t18-,19-. The minimum absolute atomic E-state index is 0.0706. The molecule has 0 bridgehead atoms. The zero-order valence-corrected chi connectivity index (χ0v) is 16.3. The fraction of sp³-hybridized carbons (Fsp3) is 0.364. The van der Waals surface area contributed by atoms with Crippen LogP contribution in [-0.2, 0) is 6.42 Å². The summed E-state index contributed by atoms with van der Waals surface area (Å²) in [6.45, 7) is 0.103. The van der Waals surface area contributed by atoms with E-state index in [-0.39, 0.29) is 24.7 Å². The normalized spacial score (nSPS) is 18.9. The van der Waals surface area contributed by atoms with Crippen LogP contribution in [0.25, 0.3) is 0 Å². The Balaban J connectivity index is 1.48. The lowest BCUT2D eigenvalue weighted by Crippen LogP contribution is -2.39. The fourth-order valence-electron chi connectivity index (χ4n) is 3.40. The topological polar surface area (TPSA) is 82.3 Å². The molecule has 1 aliphatic carbocycles. The first-order valence-corrected chi connectivity index (χ1v) is 9.84. The van der Waals surface area contributed by atoms with Crippen LogP contribution >= 0.6 is 11.6 Å². The summed E-state index contributed by atoms with van der Waals surface area (Å²) in [6.07, 6.45) is 4.06. The number of halogens is 1. The predicted octanol–water partition coefficient (Wildman–Crippen LogP) is 3.87. The van der Waals surface area contributed by atoms with Crippen LogP contribution in [-0.4, -0.2) is 29.8 Å². The van der Waals surface area contributed by atoms with Crippen molar-refractivity contribution in [1.82, 2.24) is 5.32 Å². The third-order valence-corrected chi connectivity index (χ3v) is 5.30. The summed E-state index contributed by atoms with van der Waals surface area (Å²) in [5.41, 5.74) is 2.08. The average Bonchev–Trinajstić information content (AvgIpc) is 2.70. The van der Waals surface area contributed by atoms with Crippen molar-refractivity contribution in [3.05, 3.63) is 64.2 Å². The number of hydrogen-bond donors (Lipinski definition) is 2. The first kappa shape index (κ1) is 20.2. The van der Waals surface area contributed by atoms with Crippen molar-refractivity contribution in [2.45, 2.75) is 44.2 Å². The van der Waals surface area contributed by atoms with Crippen molar-refractivity contribution in [1.29, 1.82) is 5.26 Å². The smallest absolute Gasteiger partial charge is 0.251 e. The van der Waals surface area contributed by atoms with Crippen molar-refractivity contribution < 1.29 is 14.6 Å². The van der Waals surface area contributed by atoms with Gasteiger partial charge in [0.2, 0.25) is 0 Å². The number of aliphatic hydroxyl groups excluding tert-OH is 1. The number of nitrogens with zero attached hydrogens (tertiary/aromatic N) is 1. The van der Waals surface area contributed by atoms with Gasteiger partial charge in [0, 0.05) is 24.3 Å². The molecule has 1 aliphatic rings. The van der Waals surface area contributed by atoms with Gasteiger partial charge in [0.25, 0.3) is 5.91 Å². The van der Waals surface area contributed by atoms with Crippen LogP contribution in [0.2, 0.25) is 5.02 Å². The third-order valence-electron chi connectivity index (χ3n) is 4.99. The Morgan fingerprint density at radius 3 is 2.50 bits per heavy atom. The molecular weight excluding hydrogens is 376 g/mol. The van der Waals surface area contributed by atoms with E-state index in [1.165, 1.54) is 0 Å². The fourth-order valence-corrected chi connectivity index (χ4v) is 3.61. The van der Waals surface area contributed by atoms with Crippen molar-refractivity contribution in [3.63, 3.8) is 0 Å². The SMILES string of the molecule is N#Cc1ccc(O[C@H]2CC[C@H](NC(=O)c3ccc(CCO)cc3)CC2)cc1Cl. The molecule has 0 unspecified atom stereocenters. The number of hydrogen-bond acceptors (Lipinski definition) is 4. The monoisotopic (exact) mass is 398 g/mol. The van der Waals surface area contributed by atoms with Crippen molar-refractivity contribution in [3.8, 4) is 11.8 Å². The number of aliphatic hydroxyl groups is 1. The molecule has 0 spiro atoms. The van der Waals surface area contributed by atoms with Gasteiger partial charge in [-0.25, -0.2) is 0 Å². The van der Waals surface area contributed by atoms with Crippen LogP contribution < -0.4 is 10.1 Å². The maximum absolute atomic E-state index is 12.4. The summed E-state index contributed by atoms with van der Waals surface area (Å²) in [5, 5.41) is 21.4. The molecule has 5 nitrogen and oxygen atoms in total. The second-order valence-corrected chi connectivity index (χ2v) is 7.40. The van der Waals surface area contributed by atoms with E-state index in [1.807, 2.05) is 18.2 Å². The summed E-state index contributed by atoms with van der Waals surface area (Å²) >= 11 is 6.05. The molecule has 1 saturated carbocycles. The van der Waals surface area contributed by atoms with E-state index in [2.05, 4.69) is 5.32 Å². The molecule has 0 saturated heterocycles. The minimum Gasteiger partial charge on any atom is -0.490 e. The van der Waals surface area contributed by atoms with E-state index in [9.17, 15) is 4.79 Å². The van der Waals surface area contributed by atoms with Crippen LogP contribution in [0.3, 0.4) is 0 Å². The molecule has 6 heteroatoms. The zero-order valence-electron chi connectivity index (χ0n) is 15.5. The van der Waals surface area contributed by atoms with Crippen LogP contribution in [0.15, 0.2) is 42.5 Å². The molecular formula is C22H23ClN2O3. The van der Waals surface area contributed by atoms with E-state index < -0.39 is 0 Å². The van der Waals surface area contributed by atoms with Crippen molar-refractivity contribution >= 4 is 17.5 Å². The highest BCUT2D eigenvalue weighted by Gasteiger charge is 2.24. The number of benzene rings is 2. The molecule has 2 aromatic carbocycles. The third kappa shape index (κ3) is 5.25. The van der Waals surface area contributed by atoms with E-state index in [0.717, 1.165) is 31.2 Å². The number of carbonyl (C=O) groups is 1. The Bertz CT molecular complexity index is 853. The highest BCUT2D eigenvalue weighted by atomic mass is 35.5. The van der Waals surface area contributed by atoms with Gasteiger partial charge < -0.3 is 15.2 Å². The maximum Gasteiger partial charge on any atom is 0.251 e. The predicted molar refractivity (Wildman–Crippen MR) is 108 cm³/mol. The lowest BCUT2D eigenvalue weighted by atomic mass is 9.92. The number of rotatable bonds is 6. The zero-order chi connectivity index (χ0) is 19.9. The quantitative estimate of drug-likeness (QED) is 0.773. The van der Waals surface area contributed by atoms with Crippen LogP contribution in [0.1, 0.15) is 47.2 Å². The van der Waals surface area contributed by atoms with Gasteiger partial charge in [-0.05, 0) is 61.9 Å². The first-order chi connectivity index (χ1) is 13.6. The number of nitriles is 1. The largest absolute Gasteiger partial charge is 0.490 e. The lowest BCUT2D eigenvalue weighted by molar-refractivity contribution is 0.0894. The van der Waals surface area contributed by atoms with Crippen LogP contribution in [0, 0.1) is 11.3 Å². The van der Waals surface area contributed by atoms with Crippen LogP contribution in [0.4, 0.5) is 0 Å². The second-order valence-electron chi connectivity index (χ2n) is 6.99. The summed E-state index contributed by atoms with van der Waals surface area (Å²) < 4.78 is 5.98. The Labute approximate surface area is 169 Å². The van der Waals surface area contributed by atoms with Gasteiger partial charge in [-0.15, -0.1) is 0 Å². The molecule has 2 aromatic rings. The second kappa shape index (κ2) is 9.59. The van der Waals surface area contributed by atoms with E-state index in [4.69, 9.17) is 26.7 Å². The molecule has 0 aromatic heterocycles. The Kier molecular flexibility index (Phi) is 6.91. The molecule has 0 heterocycles. The van der Waals surface area contributed by atoms with Crippen molar-refractivity contribution in [2.24, 2.45) is 0 Å². The van der Waals surface area contributed by atoms with Crippen LogP contribution in [0.5, 0.6) is 5.75 Å². The average molecular weight is 399 g/mol. The molecule has 0 radical (unpaired) electrons. The summed E-state index contributed by atoms with van der Waals surface area (Å²) in [5.74, 6) is 0.596. The molecule has 146 valence electrons. The van der Waals surface area contributed by atoms with Gasteiger partial charge in [0.1, 0.15) is 11.8 Å². The lowest BCUT2D eigenvalue weighted by Gasteiger charge is -2.29. The summed E-state index contributed by atoms with van der Waals surface area (Å²) in [4.78, 5) is 12.4. The molecule has 0 atom stereocenters. The maximum atomic E-state index is 12.4. The number of carbonyl (C=O) groups excluding carboxylic acids is 1. The van der Waals surface area contributed by atoms with Gasteiger partial charge in [-0.1, -0.05) is 23.7 Å². The van der Waals surface area contributed by atoms with E-state index in [1.54, 1.807) is 30.3 Å². The molecule has 28 heavy (non-hydrogen) atoms. The molecule has 0 aliphatic heterocycles. The van der Waals surface area contributed by atoms with Gasteiger partial charge in [0.05, 0.1) is 16.7 Å². The number of nitrogens with one attached hydrogen (secondary N) is 1. The van der Waals surface area contributed by atoms with Gasteiger partial charge in [-0.3, -0.25) is 4.79 Å². The number of ether oxygens (including phenoxy) is 1. The van der Waals surface area contributed by atoms with Gasteiger partial charge >= 0.3 is 0 Å². The highest BCUT2D eigenvalue weighted by molar-refractivity contribution is 6.31. The molecule has 1 fully saturated rings. The van der Waals surface area contributed by atoms with Crippen molar-refractivity contribution in [2.75, 3.05) is 6.61 Å². The summed E-state index contributed by atoms with van der Waals surface area (Å²) in [6, 6.07) is 14.6. The summed E-state index contributed by atoms with van der Waals surface area (Å²) in [7, 11) is 0. The Hall–Kier alpha value is -2.55. The first-order valence-electron chi connectivity index (χ1n) is 9.46. The van der Waals surface area contributed by atoms with Gasteiger partial charge in [-0.2, -0.15) is 5.26 Å². The molecule has 3 rings (SSSR count). The molecule has 2 N–H and O–H groups in total. The Morgan fingerprint density at radius 2 is 1.89 bits per heavy atom. The Morgan fingerprint density at radius 1 is 1.18 bits per heavy atom. The highest BCUT2D eigenvalue weighted by Crippen LogP contribution is 2.27. The minimum atomic E-state index is -0.0706. The van der Waals surface area contributed by atoms with E-state index in [0.29, 0.717) is 28.3 Å². The molecule has 1 amide bonds. The number of amides is 1. The van der Waals surface area contributed by atoms with Gasteiger partial charge in [0.15, 0.2) is 0 Å².